The van der Waals surface area contributed by atoms with Crippen molar-refractivity contribution in [1.29, 1.82) is 0 Å². The molecule has 0 saturated carbocycles. The normalized spacial score (nSPS) is 12.3. The van der Waals surface area contributed by atoms with Crippen LogP contribution in [0.15, 0.2) is 30.3 Å². The summed E-state index contributed by atoms with van der Waals surface area (Å²) in [6.45, 7) is 1.79. The molecule has 0 aliphatic heterocycles. The molecule has 0 unspecified atom stereocenters. The van der Waals surface area contributed by atoms with Gasteiger partial charge in [-0.05, 0) is 24.6 Å². The third-order valence-electron chi connectivity index (χ3n) is 2.08. The van der Waals surface area contributed by atoms with Crippen LogP contribution in [0.2, 0.25) is 0 Å². The van der Waals surface area contributed by atoms with Crippen LogP contribution in [0.5, 0.6) is 0 Å². The maximum absolute atomic E-state index is 12.5. The highest BCUT2D eigenvalue weighted by atomic mass is 19.4. The molecule has 0 aliphatic rings. The van der Waals surface area contributed by atoms with Gasteiger partial charge in [0, 0.05) is 11.8 Å². The first-order valence-corrected chi connectivity index (χ1v) is 5.16. The van der Waals surface area contributed by atoms with Crippen LogP contribution in [0.4, 0.5) is 13.2 Å². The molecule has 0 heterocycles. The third-order valence-corrected chi connectivity index (χ3v) is 2.08. The van der Waals surface area contributed by atoms with E-state index in [2.05, 4.69) is 4.74 Å². The van der Waals surface area contributed by atoms with E-state index in [1.807, 2.05) is 0 Å². The number of nitrogens with two attached hydrogens (primary N) is 1. The van der Waals surface area contributed by atoms with Crippen molar-refractivity contribution in [3.8, 4) is 0 Å². The fourth-order valence-electron chi connectivity index (χ4n) is 1.27. The Morgan fingerprint density at radius 1 is 1.44 bits per heavy atom. The zero-order valence-electron chi connectivity index (χ0n) is 9.62. The maximum Gasteiger partial charge on any atom is 0.416 e. The topological polar surface area (TPSA) is 52.3 Å². The Morgan fingerprint density at radius 3 is 2.67 bits per heavy atom. The lowest BCUT2D eigenvalue weighted by Crippen LogP contribution is -2.08. The van der Waals surface area contributed by atoms with E-state index in [1.165, 1.54) is 12.1 Å². The summed E-state index contributed by atoms with van der Waals surface area (Å²) >= 11 is 0. The molecule has 1 rings (SSSR count). The molecule has 0 radical (unpaired) electrons. The Kier molecular flexibility index (Phi) is 4.36. The number of carbonyl (C=O) groups excluding carboxylic acids is 1. The smallest absolute Gasteiger partial charge is 0.416 e. The molecule has 18 heavy (non-hydrogen) atoms. The standard InChI is InChI=1S/C12H12F3NO2/c1-2-18-11(17)7-10(16)8-4-3-5-9(6-8)12(13,14)15/h3-7H,2,16H2,1H3. The van der Waals surface area contributed by atoms with Gasteiger partial charge in [0.25, 0.3) is 0 Å². The summed E-state index contributed by atoms with van der Waals surface area (Å²) in [6.07, 6.45) is -3.49. The molecular formula is C12H12F3NO2. The zero-order valence-corrected chi connectivity index (χ0v) is 9.62. The Balaban J connectivity index is 3.00. The van der Waals surface area contributed by atoms with Gasteiger partial charge in [0.1, 0.15) is 0 Å². The van der Waals surface area contributed by atoms with Crippen LogP contribution >= 0.6 is 0 Å². The fraction of sp³-hybridized carbons (Fsp3) is 0.250. The number of ether oxygens (including phenoxy) is 1. The van der Waals surface area contributed by atoms with Crippen molar-refractivity contribution in [1.82, 2.24) is 0 Å². The average molecular weight is 259 g/mol. The van der Waals surface area contributed by atoms with Crippen LogP contribution in [0.3, 0.4) is 0 Å². The van der Waals surface area contributed by atoms with E-state index < -0.39 is 17.7 Å². The summed E-state index contributed by atoms with van der Waals surface area (Å²) in [5.41, 5.74) is 4.77. The van der Waals surface area contributed by atoms with Crippen LogP contribution in [0, 0.1) is 0 Å². The summed E-state index contributed by atoms with van der Waals surface area (Å²) in [5.74, 6) is -0.688. The number of carbonyl (C=O) groups is 1. The molecule has 0 atom stereocenters. The van der Waals surface area contributed by atoms with Crippen LogP contribution in [-0.2, 0) is 15.7 Å². The minimum atomic E-state index is -4.44. The molecule has 0 bridgehead atoms. The quantitative estimate of drug-likeness (QED) is 0.670. The van der Waals surface area contributed by atoms with E-state index in [9.17, 15) is 18.0 Å². The fourth-order valence-corrected chi connectivity index (χ4v) is 1.27. The number of alkyl halides is 3. The molecular weight excluding hydrogens is 247 g/mol. The summed E-state index contributed by atoms with van der Waals surface area (Å²) in [7, 11) is 0. The zero-order chi connectivity index (χ0) is 13.8. The number of halogens is 3. The largest absolute Gasteiger partial charge is 0.463 e. The first-order valence-electron chi connectivity index (χ1n) is 5.16. The minimum absolute atomic E-state index is 0.0699. The Morgan fingerprint density at radius 2 is 2.11 bits per heavy atom. The summed E-state index contributed by atoms with van der Waals surface area (Å²) in [5, 5.41) is 0. The van der Waals surface area contributed by atoms with Crippen LogP contribution in [0.1, 0.15) is 18.1 Å². The molecule has 0 amide bonds. The van der Waals surface area contributed by atoms with E-state index in [-0.39, 0.29) is 17.9 Å². The molecule has 2 N–H and O–H groups in total. The summed E-state index contributed by atoms with van der Waals surface area (Å²) in [4.78, 5) is 11.1. The van der Waals surface area contributed by atoms with Gasteiger partial charge in [-0.3, -0.25) is 0 Å². The van der Waals surface area contributed by atoms with Gasteiger partial charge in [-0.25, -0.2) is 4.79 Å². The predicted molar refractivity (Wildman–Crippen MR) is 60.2 cm³/mol. The monoisotopic (exact) mass is 259 g/mol. The van der Waals surface area contributed by atoms with E-state index in [4.69, 9.17) is 5.73 Å². The minimum Gasteiger partial charge on any atom is -0.463 e. The molecule has 0 saturated heterocycles. The second-order valence-corrected chi connectivity index (χ2v) is 3.43. The molecule has 1 aromatic carbocycles. The van der Waals surface area contributed by atoms with Gasteiger partial charge in [-0.1, -0.05) is 12.1 Å². The first-order chi connectivity index (χ1) is 8.34. The van der Waals surface area contributed by atoms with Crippen molar-refractivity contribution >= 4 is 11.7 Å². The van der Waals surface area contributed by atoms with Crippen LogP contribution in [0.25, 0.3) is 5.70 Å². The number of rotatable bonds is 3. The molecule has 0 spiro atoms. The van der Waals surface area contributed by atoms with Crippen molar-refractivity contribution in [3.63, 3.8) is 0 Å². The van der Waals surface area contributed by atoms with E-state index in [1.54, 1.807) is 6.92 Å². The summed E-state index contributed by atoms with van der Waals surface area (Å²) in [6, 6.07) is 4.43. The van der Waals surface area contributed by atoms with Crippen molar-refractivity contribution in [2.75, 3.05) is 6.61 Å². The lowest BCUT2D eigenvalue weighted by atomic mass is 10.1. The maximum atomic E-state index is 12.5. The number of benzene rings is 1. The van der Waals surface area contributed by atoms with Crippen molar-refractivity contribution in [2.45, 2.75) is 13.1 Å². The van der Waals surface area contributed by atoms with Gasteiger partial charge in [-0.15, -0.1) is 0 Å². The molecule has 3 nitrogen and oxygen atoms in total. The number of hydrogen-bond acceptors (Lipinski definition) is 3. The highest BCUT2D eigenvalue weighted by Crippen LogP contribution is 2.30. The Hall–Kier alpha value is -1.98. The van der Waals surface area contributed by atoms with Gasteiger partial charge in [0.05, 0.1) is 12.2 Å². The van der Waals surface area contributed by atoms with E-state index in [0.717, 1.165) is 18.2 Å². The number of esters is 1. The van der Waals surface area contributed by atoms with Crippen molar-refractivity contribution in [2.24, 2.45) is 5.73 Å². The van der Waals surface area contributed by atoms with E-state index >= 15 is 0 Å². The molecule has 0 aromatic heterocycles. The van der Waals surface area contributed by atoms with Gasteiger partial charge >= 0.3 is 12.1 Å². The lowest BCUT2D eigenvalue weighted by molar-refractivity contribution is -0.138. The molecule has 1 aromatic rings. The van der Waals surface area contributed by atoms with Crippen LogP contribution in [-0.4, -0.2) is 12.6 Å². The highest BCUT2D eigenvalue weighted by Gasteiger charge is 2.30. The van der Waals surface area contributed by atoms with Crippen LogP contribution < -0.4 is 5.73 Å². The second kappa shape index (κ2) is 5.57. The third kappa shape index (κ3) is 3.80. The highest BCUT2D eigenvalue weighted by molar-refractivity contribution is 5.90. The van der Waals surface area contributed by atoms with Gasteiger partial charge in [0.15, 0.2) is 0 Å². The predicted octanol–water partition coefficient (Wildman–Crippen LogP) is 2.57. The molecule has 6 heteroatoms. The Labute approximate surface area is 102 Å². The van der Waals surface area contributed by atoms with E-state index in [0.29, 0.717) is 0 Å². The summed E-state index contributed by atoms with van der Waals surface area (Å²) < 4.78 is 42.0. The van der Waals surface area contributed by atoms with Gasteiger partial charge < -0.3 is 10.5 Å². The second-order valence-electron chi connectivity index (χ2n) is 3.43. The SMILES string of the molecule is CCOC(=O)C=C(N)c1cccc(C(F)(F)F)c1. The molecule has 98 valence electrons. The number of hydrogen-bond donors (Lipinski definition) is 1. The van der Waals surface area contributed by atoms with Gasteiger partial charge in [0.2, 0.25) is 0 Å². The molecule has 0 fully saturated rings. The van der Waals surface area contributed by atoms with Crippen molar-refractivity contribution < 1.29 is 22.7 Å². The molecule has 0 aliphatic carbocycles. The Bertz CT molecular complexity index is 467. The average Bonchev–Trinajstić information content (AvgIpc) is 2.28. The lowest BCUT2D eigenvalue weighted by Gasteiger charge is -2.08. The van der Waals surface area contributed by atoms with Crippen molar-refractivity contribution in [3.05, 3.63) is 41.5 Å². The van der Waals surface area contributed by atoms with Gasteiger partial charge in [-0.2, -0.15) is 13.2 Å². The first kappa shape index (κ1) is 14.1.